The molecule has 4 saturated heterocycles. The van der Waals surface area contributed by atoms with Crippen LogP contribution in [-0.2, 0) is 101 Å². The number of carbonyl (C=O) groups excluding carboxylic acids is 2. The molecule has 4 heterocycles. The van der Waals surface area contributed by atoms with Crippen LogP contribution in [0.25, 0.3) is 0 Å². The molecule has 22 heteroatoms. The van der Waals surface area contributed by atoms with Crippen molar-refractivity contribution in [2.75, 3.05) is 26.9 Å². The second-order valence-corrected chi connectivity index (χ2v) is 21.1. The van der Waals surface area contributed by atoms with Crippen LogP contribution >= 0.6 is 0 Å². The van der Waals surface area contributed by atoms with Crippen molar-refractivity contribution in [2.45, 2.75) is 177 Å². The topological polar surface area (TPSA) is 244 Å². The maximum absolute atomic E-state index is 13.5. The van der Waals surface area contributed by atoms with Crippen molar-refractivity contribution in [1.29, 1.82) is 0 Å². The van der Waals surface area contributed by atoms with E-state index in [1.165, 1.54) is 14.0 Å². The predicted octanol–water partition coefficient (Wildman–Crippen LogP) is 3.48. The summed E-state index contributed by atoms with van der Waals surface area (Å²) in [7, 11) is -4.10. The first-order valence-corrected chi connectivity index (χ1v) is 28.4. The van der Waals surface area contributed by atoms with Crippen molar-refractivity contribution in [3.8, 4) is 0 Å². The van der Waals surface area contributed by atoms with Crippen molar-refractivity contribution in [3.63, 3.8) is 0 Å². The number of hydrogen-bond donors (Lipinski definition) is 2. The van der Waals surface area contributed by atoms with E-state index < -0.39 is 109 Å². The number of amides is 1. The van der Waals surface area contributed by atoms with Gasteiger partial charge < -0.3 is 71.8 Å². The number of nitrogens with one attached hydrogen (secondary N) is 1. The Hall–Kier alpha value is -3.79. The maximum atomic E-state index is 13.5. The fourth-order valence-electron chi connectivity index (χ4n) is 10.2. The second-order valence-electron chi connectivity index (χ2n) is 20.1. The summed E-state index contributed by atoms with van der Waals surface area (Å²) in [5.74, 6) is -0.714. The smallest absolute Gasteiger partial charge is 0.726 e. The Labute approximate surface area is 490 Å². The van der Waals surface area contributed by atoms with Gasteiger partial charge in [0.05, 0.1) is 52.4 Å². The van der Waals surface area contributed by atoms with Gasteiger partial charge in [0.25, 0.3) is 0 Å². The Morgan fingerprint density at radius 2 is 1.26 bits per heavy atom. The predicted molar refractivity (Wildman–Crippen MR) is 281 cm³/mol. The average molecular weight is 1140 g/mol. The Bertz CT molecular complexity index is 2540. The number of rotatable bonds is 28. The van der Waals surface area contributed by atoms with Crippen LogP contribution in [0.15, 0.2) is 121 Å². The van der Waals surface area contributed by atoms with E-state index in [1.54, 1.807) is 30.3 Å². The molecule has 1 amide bonds. The molecule has 4 aliphatic heterocycles. The van der Waals surface area contributed by atoms with E-state index in [0.29, 0.717) is 24.8 Å². The van der Waals surface area contributed by atoms with Gasteiger partial charge in [-0.3, -0.25) is 13.8 Å². The second kappa shape index (κ2) is 32.3. The Kier molecular flexibility index (Phi) is 25.8. The third-order valence-corrected chi connectivity index (χ3v) is 14.5. The standard InChI is InChI=1S/C58H75NO19S.Na/c1-38-32-44(69-34-41-24-14-9-15-25-41)52(70-35-42-26-16-10-17-27-42)58(72-38)77-53-48(59-39(2)60)56(68-31-21-7-5-4-6-20-30-47(61)66-3)73-45(36-67-33-40-22-12-8-13-23-40)50(53)76-57-49(62)54(78-79(63,64)65)51-46(74-57)37-71-55(75-51)43-28-18-11-19-29-43;/h8-19,22-29,38,44-46,48-58,62H,4-7,20-21,30-37H2,1-3H3,(H,59,60)(H,63,64,65);/q;+1/p-1/t38-,44+,45+,46+,48+,49+,50+,51-,52-,53+,54+,55?,56+,57-,58-;/m0./s1. The zero-order valence-corrected chi connectivity index (χ0v) is 48.6. The molecule has 0 radical (unpaired) electrons. The molecule has 15 atom stereocenters. The molecule has 1 unspecified atom stereocenters. The van der Waals surface area contributed by atoms with Gasteiger partial charge in [-0.1, -0.05) is 147 Å². The zero-order valence-electron chi connectivity index (χ0n) is 45.8. The number of fused-ring (bicyclic) bond motifs is 1. The Morgan fingerprint density at radius 1 is 0.675 bits per heavy atom. The van der Waals surface area contributed by atoms with Gasteiger partial charge in [0, 0.05) is 31.9 Å². The summed E-state index contributed by atoms with van der Waals surface area (Å²) in [6, 6.07) is 36.4. The van der Waals surface area contributed by atoms with Crippen LogP contribution in [0.4, 0.5) is 0 Å². The Morgan fingerprint density at radius 3 is 1.89 bits per heavy atom. The van der Waals surface area contributed by atoms with Crippen molar-refractivity contribution in [2.24, 2.45) is 0 Å². The van der Waals surface area contributed by atoms with Gasteiger partial charge in [-0.2, -0.15) is 0 Å². The van der Waals surface area contributed by atoms with E-state index >= 15 is 0 Å². The summed E-state index contributed by atoms with van der Waals surface area (Å²) < 4.78 is 120. The first-order valence-electron chi connectivity index (χ1n) is 27.1. The van der Waals surface area contributed by atoms with Gasteiger partial charge in [0.15, 0.2) is 25.2 Å². The van der Waals surface area contributed by atoms with Crippen LogP contribution < -0.4 is 34.9 Å². The number of carbonyl (C=O) groups is 2. The van der Waals surface area contributed by atoms with Gasteiger partial charge >= 0.3 is 35.5 Å². The van der Waals surface area contributed by atoms with Crippen molar-refractivity contribution < 1.29 is 118 Å². The van der Waals surface area contributed by atoms with E-state index in [1.807, 2.05) is 97.9 Å². The van der Waals surface area contributed by atoms with Crippen LogP contribution in [-0.4, -0.2) is 143 Å². The minimum absolute atomic E-state index is 0. The van der Waals surface area contributed by atoms with Gasteiger partial charge in [-0.15, -0.1) is 0 Å². The molecule has 4 aromatic rings. The number of aliphatic hydroxyl groups excluding tert-OH is 1. The van der Waals surface area contributed by atoms with Crippen molar-refractivity contribution in [3.05, 3.63) is 144 Å². The van der Waals surface area contributed by atoms with Gasteiger partial charge in [-0.05, 0) is 36.5 Å². The molecule has 0 saturated carbocycles. The number of unbranched alkanes of at least 4 members (excludes halogenated alkanes) is 5. The fraction of sp³-hybridized carbons (Fsp3) is 0.552. The molecule has 0 spiro atoms. The summed E-state index contributed by atoms with van der Waals surface area (Å²) in [5.41, 5.74) is 3.25. The summed E-state index contributed by atoms with van der Waals surface area (Å²) in [6.07, 6.45) is -11.7. The van der Waals surface area contributed by atoms with Crippen LogP contribution in [0.2, 0.25) is 0 Å². The number of esters is 1. The largest absolute Gasteiger partial charge is 1.00 e. The summed E-state index contributed by atoms with van der Waals surface area (Å²) in [4.78, 5) is 25.1. The third kappa shape index (κ3) is 19.1. The van der Waals surface area contributed by atoms with Gasteiger partial charge in [0.1, 0.15) is 54.9 Å². The van der Waals surface area contributed by atoms with E-state index in [4.69, 9.17) is 61.0 Å². The molecule has 432 valence electrons. The van der Waals surface area contributed by atoms with Gasteiger partial charge in [-0.25, -0.2) is 8.42 Å². The minimum atomic E-state index is -5.48. The van der Waals surface area contributed by atoms with E-state index in [2.05, 4.69) is 5.32 Å². The van der Waals surface area contributed by atoms with E-state index in [0.717, 1.165) is 48.8 Å². The van der Waals surface area contributed by atoms with E-state index in [-0.39, 0.29) is 75.2 Å². The number of methoxy groups -OCH3 is 1. The molecule has 0 aliphatic carbocycles. The quantitative estimate of drug-likeness (QED) is 0.0272. The van der Waals surface area contributed by atoms with Crippen LogP contribution in [0.1, 0.15) is 93.8 Å². The summed E-state index contributed by atoms with van der Waals surface area (Å²) in [5, 5.41) is 15.2. The molecule has 20 nitrogen and oxygen atoms in total. The normalized spacial score (nSPS) is 29.6. The zero-order chi connectivity index (χ0) is 55.6. The monoisotopic (exact) mass is 1140 g/mol. The van der Waals surface area contributed by atoms with Crippen LogP contribution in [0.5, 0.6) is 0 Å². The first-order chi connectivity index (χ1) is 38.3. The van der Waals surface area contributed by atoms with Crippen molar-refractivity contribution in [1.82, 2.24) is 5.32 Å². The average Bonchev–Trinajstić information content (AvgIpc) is 3.49. The summed E-state index contributed by atoms with van der Waals surface area (Å²) in [6.45, 7) is 3.59. The molecule has 8 rings (SSSR count). The van der Waals surface area contributed by atoms with Crippen LogP contribution in [0.3, 0.4) is 0 Å². The van der Waals surface area contributed by atoms with Crippen LogP contribution in [0, 0.1) is 0 Å². The number of aliphatic hydroxyl groups is 1. The molecular formula is C58H74NNaO19S. The molecule has 0 aromatic heterocycles. The molecule has 80 heavy (non-hydrogen) atoms. The third-order valence-electron chi connectivity index (χ3n) is 14.0. The van der Waals surface area contributed by atoms with Gasteiger partial charge in [0.2, 0.25) is 16.3 Å². The Balaban J connectivity index is 0.00000924. The van der Waals surface area contributed by atoms with E-state index in [9.17, 15) is 27.7 Å². The summed E-state index contributed by atoms with van der Waals surface area (Å²) >= 11 is 0. The first kappa shape index (κ1) is 63.8. The number of hydrogen-bond acceptors (Lipinski definition) is 19. The maximum Gasteiger partial charge on any atom is 1.00 e. The molecule has 2 N–H and O–H groups in total. The number of benzene rings is 4. The molecule has 4 aromatic carbocycles. The SMILES string of the molecule is COC(=O)CCCCCCCCO[C@@H]1O[C@H](COCc2ccccc2)[C@@H](O[C@@H]2O[C@@H]3COC(c4ccccc4)O[C@@H]3[C@H](OS(=O)(=O)[O-])[C@H]2O)[C@H](O[C@@H]2O[C@@H](C)C[C@@H](OCc3ccccc3)[C@@H]2OCc2ccccc2)[C@H]1NC(C)=O.[Na+]. The molecule has 4 fully saturated rings. The molecule has 0 bridgehead atoms. The molecule has 4 aliphatic rings. The number of ether oxygens (including phenoxy) is 12. The molecular weight excluding hydrogens is 1070 g/mol. The minimum Gasteiger partial charge on any atom is -0.726 e. The van der Waals surface area contributed by atoms with Crippen molar-refractivity contribution >= 4 is 22.3 Å². The fourth-order valence-corrected chi connectivity index (χ4v) is 10.6.